The van der Waals surface area contributed by atoms with Crippen LogP contribution in [0.3, 0.4) is 0 Å². The molecule has 0 radical (unpaired) electrons. The first-order valence-electron chi connectivity index (χ1n) is 8.86. The molecule has 136 valence electrons. The van der Waals surface area contributed by atoms with Gasteiger partial charge < -0.3 is 14.0 Å². The second kappa shape index (κ2) is 8.09. The lowest BCUT2D eigenvalue weighted by Gasteiger charge is -2.12. The number of nitriles is 1. The van der Waals surface area contributed by atoms with Crippen LogP contribution in [0, 0.1) is 11.3 Å². The van der Waals surface area contributed by atoms with Gasteiger partial charge in [-0.15, -0.1) is 0 Å². The molecule has 0 amide bonds. The molecular formula is C22H16BNO4. The van der Waals surface area contributed by atoms with Crippen LogP contribution in [0.4, 0.5) is 0 Å². The maximum absolute atomic E-state index is 11.6. The van der Waals surface area contributed by atoms with Crippen molar-refractivity contribution >= 4 is 18.9 Å². The van der Waals surface area contributed by atoms with E-state index in [1.165, 1.54) is 0 Å². The lowest BCUT2D eigenvalue weighted by Crippen LogP contribution is -2.34. The average Bonchev–Trinajstić information content (AvgIpc) is 3.25. The quantitative estimate of drug-likeness (QED) is 0.507. The molecule has 0 spiro atoms. The van der Waals surface area contributed by atoms with Gasteiger partial charge in [0.05, 0.1) is 24.3 Å². The first-order chi connectivity index (χ1) is 13.8. The SMILES string of the molecule is N#Cc1ccc(Oc2ccc(B3OCC(c4ccccc4)O3)c(C=O)c2)cc1. The molecule has 0 aliphatic carbocycles. The van der Waals surface area contributed by atoms with Gasteiger partial charge in [-0.1, -0.05) is 36.4 Å². The predicted molar refractivity (Wildman–Crippen MR) is 105 cm³/mol. The summed E-state index contributed by atoms with van der Waals surface area (Å²) in [5.41, 5.74) is 2.71. The monoisotopic (exact) mass is 369 g/mol. The summed E-state index contributed by atoms with van der Waals surface area (Å²) in [6, 6.07) is 23.9. The zero-order valence-corrected chi connectivity index (χ0v) is 14.9. The maximum Gasteiger partial charge on any atom is 0.495 e. The van der Waals surface area contributed by atoms with E-state index in [0.29, 0.717) is 34.7 Å². The van der Waals surface area contributed by atoms with Crippen molar-refractivity contribution in [1.29, 1.82) is 5.26 Å². The first-order valence-corrected chi connectivity index (χ1v) is 8.86. The van der Waals surface area contributed by atoms with Crippen LogP contribution in [-0.4, -0.2) is 20.0 Å². The summed E-state index contributed by atoms with van der Waals surface area (Å²) >= 11 is 0. The van der Waals surface area contributed by atoms with Crippen molar-refractivity contribution in [3.8, 4) is 17.6 Å². The predicted octanol–water partition coefficient (Wildman–Crippen LogP) is 3.65. The van der Waals surface area contributed by atoms with Gasteiger partial charge in [0.1, 0.15) is 17.8 Å². The van der Waals surface area contributed by atoms with Gasteiger partial charge in [0.15, 0.2) is 0 Å². The molecule has 1 unspecified atom stereocenters. The topological polar surface area (TPSA) is 68.6 Å². The molecule has 4 rings (SSSR count). The van der Waals surface area contributed by atoms with Crippen molar-refractivity contribution in [3.05, 3.63) is 89.5 Å². The number of ether oxygens (including phenoxy) is 1. The lowest BCUT2D eigenvalue weighted by molar-refractivity contribution is 0.112. The highest BCUT2D eigenvalue weighted by molar-refractivity contribution is 6.63. The Morgan fingerprint density at radius 2 is 1.79 bits per heavy atom. The van der Waals surface area contributed by atoms with Crippen LogP contribution in [0.15, 0.2) is 72.8 Å². The zero-order chi connectivity index (χ0) is 19.3. The second-order valence-electron chi connectivity index (χ2n) is 6.35. The van der Waals surface area contributed by atoms with Gasteiger partial charge in [0.25, 0.3) is 0 Å². The Labute approximate surface area is 163 Å². The summed E-state index contributed by atoms with van der Waals surface area (Å²) in [5.74, 6) is 1.11. The van der Waals surface area contributed by atoms with Crippen LogP contribution in [0.25, 0.3) is 0 Å². The number of benzene rings is 3. The third kappa shape index (κ3) is 3.81. The Morgan fingerprint density at radius 1 is 1.04 bits per heavy atom. The summed E-state index contributed by atoms with van der Waals surface area (Å²) < 4.78 is 17.6. The van der Waals surface area contributed by atoms with Gasteiger partial charge in [-0.25, -0.2) is 0 Å². The van der Waals surface area contributed by atoms with E-state index in [-0.39, 0.29) is 6.10 Å². The normalized spacial score (nSPS) is 15.8. The van der Waals surface area contributed by atoms with Gasteiger partial charge in [-0.3, -0.25) is 4.79 Å². The Balaban J connectivity index is 1.51. The fourth-order valence-corrected chi connectivity index (χ4v) is 3.07. The van der Waals surface area contributed by atoms with Gasteiger partial charge in [0.2, 0.25) is 0 Å². The Morgan fingerprint density at radius 3 is 2.50 bits per heavy atom. The summed E-state index contributed by atoms with van der Waals surface area (Å²) in [7, 11) is -0.602. The van der Waals surface area contributed by atoms with E-state index in [9.17, 15) is 4.79 Å². The van der Waals surface area contributed by atoms with E-state index in [1.807, 2.05) is 30.3 Å². The standard InChI is InChI=1S/C22H16BNO4/c24-13-16-6-8-19(9-7-16)27-20-10-11-21(18(12-20)14-25)23-26-15-22(28-23)17-4-2-1-3-5-17/h1-12,14,22H,15H2. The molecule has 6 heteroatoms. The third-order valence-corrected chi connectivity index (χ3v) is 4.52. The van der Waals surface area contributed by atoms with Crippen molar-refractivity contribution in [1.82, 2.24) is 0 Å². The number of rotatable bonds is 5. The van der Waals surface area contributed by atoms with Crippen LogP contribution < -0.4 is 10.2 Å². The molecule has 1 heterocycles. The summed E-state index contributed by atoms with van der Waals surface area (Å²) in [4.78, 5) is 11.6. The molecule has 5 nitrogen and oxygen atoms in total. The van der Waals surface area contributed by atoms with Gasteiger partial charge in [-0.2, -0.15) is 5.26 Å². The molecule has 28 heavy (non-hydrogen) atoms. The van der Waals surface area contributed by atoms with Crippen molar-refractivity contribution in [3.63, 3.8) is 0 Å². The highest BCUT2D eigenvalue weighted by Crippen LogP contribution is 2.26. The van der Waals surface area contributed by atoms with Crippen LogP contribution in [0.1, 0.15) is 27.6 Å². The van der Waals surface area contributed by atoms with Crippen molar-refractivity contribution in [2.45, 2.75) is 6.10 Å². The van der Waals surface area contributed by atoms with E-state index in [4.69, 9.17) is 19.3 Å². The number of aldehydes is 1. The van der Waals surface area contributed by atoms with Gasteiger partial charge in [-0.05, 0) is 47.4 Å². The van der Waals surface area contributed by atoms with Crippen molar-refractivity contribution in [2.75, 3.05) is 6.61 Å². The molecule has 0 aromatic heterocycles. The number of hydrogen-bond acceptors (Lipinski definition) is 5. The summed E-state index contributed by atoms with van der Waals surface area (Å²) in [6.45, 7) is 0.427. The van der Waals surface area contributed by atoms with Crippen LogP contribution >= 0.6 is 0 Å². The second-order valence-corrected chi connectivity index (χ2v) is 6.35. The van der Waals surface area contributed by atoms with E-state index < -0.39 is 7.12 Å². The minimum absolute atomic E-state index is 0.166. The Hall–Kier alpha value is -3.40. The smallest absolute Gasteiger partial charge is 0.457 e. The number of carbonyl (C=O) groups is 1. The van der Waals surface area contributed by atoms with E-state index in [2.05, 4.69) is 6.07 Å². The third-order valence-electron chi connectivity index (χ3n) is 4.52. The highest BCUT2D eigenvalue weighted by Gasteiger charge is 2.35. The molecule has 3 aromatic rings. The van der Waals surface area contributed by atoms with Crippen LogP contribution in [0.2, 0.25) is 0 Å². The molecule has 0 N–H and O–H groups in total. The summed E-state index contributed by atoms with van der Waals surface area (Å²) in [6.07, 6.45) is 0.601. The fourth-order valence-electron chi connectivity index (χ4n) is 3.07. The van der Waals surface area contributed by atoms with Crippen molar-refractivity contribution in [2.24, 2.45) is 0 Å². The number of nitrogens with zero attached hydrogens (tertiary/aromatic N) is 1. The average molecular weight is 369 g/mol. The summed E-state index contributed by atoms with van der Waals surface area (Å²) in [5, 5.41) is 8.86. The minimum Gasteiger partial charge on any atom is -0.457 e. The molecule has 1 fully saturated rings. The van der Waals surface area contributed by atoms with Crippen LogP contribution in [-0.2, 0) is 9.31 Å². The fraction of sp³-hybridized carbons (Fsp3) is 0.0909. The molecule has 3 aromatic carbocycles. The van der Waals surface area contributed by atoms with E-state index in [1.54, 1.807) is 42.5 Å². The molecule has 0 saturated carbocycles. The Kier molecular flexibility index (Phi) is 5.20. The van der Waals surface area contributed by atoms with E-state index in [0.717, 1.165) is 11.8 Å². The Bertz CT molecular complexity index is 1010. The largest absolute Gasteiger partial charge is 0.495 e. The highest BCUT2D eigenvalue weighted by atomic mass is 16.6. The molecule has 1 atom stereocenters. The van der Waals surface area contributed by atoms with E-state index >= 15 is 0 Å². The molecule has 1 saturated heterocycles. The molecular weight excluding hydrogens is 353 g/mol. The number of carbonyl (C=O) groups excluding carboxylic acids is 1. The van der Waals surface area contributed by atoms with Crippen LogP contribution in [0.5, 0.6) is 11.5 Å². The zero-order valence-electron chi connectivity index (χ0n) is 14.9. The first kappa shape index (κ1) is 18.0. The van der Waals surface area contributed by atoms with Gasteiger partial charge >= 0.3 is 7.12 Å². The van der Waals surface area contributed by atoms with Crippen molar-refractivity contribution < 1.29 is 18.8 Å². The maximum atomic E-state index is 11.6. The number of hydrogen-bond donors (Lipinski definition) is 0. The minimum atomic E-state index is -0.602. The lowest BCUT2D eigenvalue weighted by atomic mass is 9.76. The molecule has 1 aliphatic heterocycles. The molecule has 1 aliphatic rings. The molecule has 0 bridgehead atoms. The van der Waals surface area contributed by atoms with Gasteiger partial charge in [0, 0.05) is 5.56 Å².